The van der Waals surface area contributed by atoms with Crippen molar-refractivity contribution in [2.75, 3.05) is 0 Å². The molecule has 0 fully saturated rings. The molecule has 0 saturated heterocycles. The Balaban J connectivity index is 1.50. The second-order valence-corrected chi connectivity index (χ2v) is 9.22. The molecule has 3 aromatic carbocycles. The lowest BCUT2D eigenvalue weighted by Crippen LogP contribution is -2.41. The van der Waals surface area contributed by atoms with Crippen molar-refractivity contribution < 1.29 is 9.53 Å². The first-order valence-electron chi connectivity index (χ1n) is 11.2. The predicted molar refractivity (Wildman–Crippen MR) is 135 cm³/mol. The van der Waals surface area contributed by atoms with Crippen LogP contribution < -0.4 is 10.1 Å². The van der Waals surface area contributed by atoms with Crippen molar-refractivity contribution in [1.29, 1.82) is 0 Å². The van der Waals surface area contributed by atoms with E-state index in [2.05, 4.69) is 10.4 Å². The summed E-state index contributed by atoms with van der Waals surface area (Å²) >= 11 is 6.29. The summed E-state index contributed by atoms with van der Waals surface area (Å²) in [6.07, 6.45) is 0. The van der Waals surface area contributed by atoms with Crippen LogP contribution in [-0.2, 0) is 18.7 Å². The highest BCUT2D eigenvalue weighted by atomic mass is 35.5. The molecule has 1 aromatic heterocycles. The van der Waals surface area contributed by atoms with Gasteiger partial charge in [0.2, 0.25) is 0 Å². The fraction of sp³-hybridized carbons (Fsp3) is 0.214. The van der Waals surface area contributed by atoms with Gasteiger partial charge in [-0.15, -0.1) is 0 Å². The lowest BCUT2D eigenvalue weighted by atomic mass is 9.94. The van der Waals surface area contributed by atoms with Crippen molar-refractivity contribution in [3.63, 3.8) is 0 Å². The third-order valence-electron chi connectivity index (χ3n) is 5.76. The molecule has 4 aromatic rings. The van der Waals surface area contributed by atoms with Crippen molar-refractivity contribution >= 4 is 17.5 Å². The average Bonchev–Trinajstić information content (AvgIpc) is 3.20. The molecule has 0 aliphatic rings. The SMILES string of the molecule is Cc1cc(C(=O)NC(C)(C)c2ccccc2)nn1Cc1cc(Cl)ccc1COc1ccccc1. The number of halogens is 1. The van der Waals surface area contributed by atoms with Gasteiger partial charge in [-0.1, -0.05) is 66.2 Å². The van der Waals surface area contributed by atoms with Crippen molar-refractivity contribution in [3.05, 3.63) is 118 Å². The molecule has 0 radical (unpaired) electrons. The van der Waals surface area contributed by atoms with Gasteiger partial charge in [-0.3, -0.25) is 9.48 Å². The number of aryl methyl sites for hydroxylation is 1. The fourth-order valence-corrected chi connectivity index (χ4v) is 3.97. The van der Waals surface area contributed by atoms with Gasteiger partial charge in [0.1, 0.15) is 18.1 Å². The first kappa shape index (κ1) is 23.6. The Labute approximate surface area is 205 Å². The van der Waals surface area contributed by atoms with Crippen molar-refractivity contribution in [1.82, 2.24) is 15.1 Å². The van der Waals surface area contributed by atoms with Gasteiger partial charge in [-0.2, -0.15) is 5.10 Å². The number of para-hydroxylation sites is 1. The maximum atomic E-state index is 13.0. The maximum Gasteiger partial charge on any atom is 0.272 e. The smallest absolute Gasteiger partial charge is 0.272 e. The second-order valence-electron chi connectivity index (χ2n) is 8.79. The fourth-order valence-electron chi connectivity index (χ4n) is 3.78. The van der Waals surface area contributed by atoms with Crippen LogP contribution >= 0.6 is 11.6 Å². The zero-order chi connectivity index (χ0) is 24.1. The third kappa shape index (κ3) is 5.67. The zero-order valence-electron chi connectivity index (χ0n) is 19.6. The van der Waals surface area contributed by atoms with E-state index in [0.717, 1.165) is 28.1 Å². The number of nitrogens with one attached hydrogen (secondary N) is 1. The van der Waals surface area contributed by atoms with Crippen molar-refractivity contribution in [2.45, 2.75) is 39.5 Å². The summed E-state index contributed by atoms with van der Waals surface area (Å²) < 4.78 is 7.77. The summed E-state index contributed by atoms with van der Waals surface area (Å²) in [5, 5.41) is 8.33. The van der Waals surface area contributed by atoms with Crippen molar-refractivity contribution in [2.24, 2.45) is 0 Å². The van der Waals surface area contributed by atoms with Crippen LogP contribution in [0.25, 0.3) is 0 Å². The van der Waals surface area contributed by atoms with Crippen LogP contribution in [0, 0.1) is 6.92 Å². The minimum Gasteiger partial charge on any atom is -0.489 e. The third-order valence-corrected chi connectivity index (χ3v) is 6.00. The highest BCUT2D eigenvalue weighted by molar-refractivity contribution is 6.30. The van der Waals surface area contributed by atoms with Crippen LogP contribution in [0.15, 0.2) is 84.9 Å². The predicted octanol–water partition coefficient (Wildman–Crippen LogP) is 6.14. The van der Waals surface area contributed by atoms with E-state index < -0.39 is 5.54 Å². The molecular formula is C28H28ClN3O2. The Morgan fingerprint density at radius 1 is 0.971 bits per heavy atom. The molecular weight excluding hydrogens is 446 g/mol. The first-order chi connectivity index (χ1) is 16.3. The molecule has 5 nitrogen and oxygen atoms in total. The Hall–Kier alpha value is -3.57. The number of rotatable bonds is 8. The summed E-state index contributed by atoms with van der Waals surface area (Å²) in [6, 6.07) is 27.1. The molecule has 0 saturated carbocycles. The highest BCUT2D eigenvalue weighted by Crippen LogP contribution is 2.22. The molecule has 174 valence electrons. The van der Waals surface area contributed by atoms with E-state index in [4.69, 9.17) is 16.3 Å². The number of carbonyl (C=O) groups excluding carboxylic acids is 1. The molecule has 0 bridgehead atoms. The quantitative estimate of drug-likeness (QED) is 0.334. The Morgan fingerprint density at radius 3 is 2.35 bits per heavy atom. The monoisotopic (exact) mass is 473 g/mol. The Morgan fingerprint density at radius 2 is 1.65 bits per heavy atom. The van der Waals surface area contributed by atoms with Gasteiger partial charge in [0.05, 0.1) is 12.1 Å². The summed E-state index contributed by atoms with van der Waals surface area (Å²) in [5.41, 5.74) is 3.78. The molecule has 0 spiro atoms. The van der Waals surface area contributed by atoms with E-state index in [0.29, 0.717) is 23.9 Å². The van der Waals surface area contributed by atoms with E-state index >= 15 is 0 Å². The van der Waals surface area contributed by atoms with E-state index in [1.54, 1.807) is 6.07 Å². The molecule has 1 heterocycles. The van der Waals surface area contributed by atoms with Gasteiger partial charge in [-0.25, -0.2) is 0 Å². The minimum absolute atomic E-state index is 0.213. The molecule has 1 N–H and O–H groups in total. The van der Waals surface area contributed by atoms with Crippen LogP contribution in [0.5, 0.6) is 5.75 Å². The molecule has 0 aliphatic carbocycles. The van der Waals surface area contributed by atoms with Crippen molar-refractivity contribution in [3.8, 4) is 5.75 Å². The summed E-state index contributed by atoms with van der Waals surface area (Å²) in [7, 11) is 0. The van der Waals surface area contributed by atoms with Gasteiger partial charge in [0.15, 0.2) is 0 Å². The van der Waals surface area contributed by atoms with Crippen LogP contribution in [0.4, 0.5) is 0 Å². The van der Waals surface area contributed by atoms with Gasteiger partial charge in [0, 0.05) is 10.7 Å². The molecule has 4 rings (SSSR count). The summed E-state index contributed by atoms with van der Waals surface area (Å²) in [6.45, 7) is 6.80. The molecule has 0 aliphatic heterocycles. The topological polar surface area (TPSA) is 56.2 Å². The normalized spacial score (nSPS) is 11.3. The van der Waals surface area contributed by atoms with Crippen LogP contribution in [0.1, 0.15) is 46.7 Å². The first-order valence-corrected chi connectivity index (χ1v) is 11.6. The second kappa shape index (κ2) is 10.1. The van der Waals surface area contributed by atoms with E-state index in [9.17, 15) is 4.79 Å². The van der Waals surface area contributed by atoms with Crippen LogP contribution in [0.2, 0.25) is 5.02 Å². The molecule has 0 atom stereocenters. The lowest BCUT2D eigenvalue weighted by Gasteiger charge is -2.26. The van der Waals surface area contributed by atoms with Crippen LogP contribution in [-0.4, -0.2) is 15.7 Å². The molecule has 34 heavy (non-hydrogen) atoms. The van der Waals surface area contributed by atoms with E-state index in [1.807, 2.05) is 104 Å². The number of aromatic nitrogens is 2. The number of ether oxygens (including phenoxy) is 1. The molecule has 6 heteroatoms. The standard InChI is InChI=1S/C28H28ClN3O2/c1-20-16-26(27(33)30-28(2,3)23-10-6-4-7-11-23)31-32(20)18-22-17-24(29)15-14-21(22)19-34-25-12-8-5-9-13-25/h4-17H,18-19H2,1-3H3,(H,30,33). The number of carbonyl (C=O) groups is 1. The molecule has 0 unspecified atom stereocenters. The zero-order valence-corrected chi connectivity index (χ0v) is 20.3. The van der Waals surface area contributed by atoms with Crippen LogP contribution in [0.3, 0.4) is 0 Å². The number of hydrogen-bond acceptors (Lipinski definition) is 3. The van der Waals surface area contributed by atoms with Gasteiger partial charge in [0.25, 0.3) is 5.91 Å². The van der Waals surface area contributed by atoms with E-state index in [1.165, 1.54) is 0 Å². The maximum absolute atomic E-state index is 13.0. The largest absolute Gasteiger partial charge is 0.489 e. The average molecular weight is 474 g/mol. The number of benzene rings is 3. The van der Waals surface area contributed by atoms with Gasteiger partial charge in [-0.05, 0) is 67.8 Å². The molecule has 1 amide bonds. The summed E-state index contributed by atoms with van der Waals surface area (Å²) in [4.78, 5) is 13.0. The number of amides is 1. The van der Waals surface area contributed by atoms with Gasteiger partial charge < -0.3 is 10.1 Å². The van der Waals surface area contributed by atoms with E-state index in [-0.39, 0.29) is 5.91 Å². The Kier molecular flexibility index (Phi) is 7.03. The number of nitrogens with zero attached hydrogens (tertiary/aromatic N) is 2. The minimum atomic E-state index is -0.523. The number of hydrogen-bond donors (Lipinski definition) is 1. The van der Waals surface area contributed by atoms with Gasteiger partial charge >= 0.3 is 0 Å². The lowest BCUT2D eigenvalue weighted by molar-refractivity contribution is 0.0906. The Bertz CT molecular complexity index is 1270. The highest BCUT2D eigenvalue weighted by Gasteiger charge is 2.25. The summed E-state index contributed by atoms with van der Waals surface area (Å²) in [5.74, 6) is 0.591.